The van der Waals surface area contributed by atoms with Gasteiger partial charge in [-0.25, -0.2) is 0 Å². The van der Waals surface area contributed by atoms with Crippen LogP contribution in [0.1, 0.15) is 6.92 Å². The van der Waals surface area contributed by atoms with E-state index in [-0.39, 0.29) is 0 Å². The molecule has 6 nitrogen and oxygen atoms in total. The van der Waals surface area contributed by atoms with Crippen molar-refractivity contribution in [1.29, 1.82) is 0 Å². The van der Waals surface area contributed by atoms with Crippen LogP contribution in [0.15, 0.2) is 0 Å². The predicted octanol–water partition coefficient (Wildman–Crippen LogP) is -0.758. The van der Waals surface area contributed by atoms with E-state index in [1.54, 1.807) is 0 Å². The summed E-state index contributed by atoms with van der Waals surface area (Å²) >= 11 is 0. The van der Waals surface area contributed by atoms with E-state index in [9.17, 15) is 16.8 Å². The van der Waals surface area contributed by atoms with Crippen LogP contribution in [0, 0.1) is 11.8 Å². The lowest BCUT2D eigenvalue weighted by Gasteiger charge is -2.07. The van der Waals surface area contributed by atoms with E-state index >= 15 is 0 Å². The van der Waals surface area contributed by atoms with Crippen LogP contribution in [0.2, 0.25) is 0 Å². The summed E-state index contributed by atoms with van der Waals surface area (Å²) in [5.41, 5.74) is 0. The van der Waals surface area contributed by atoms with Gasteiger partial charge in [0.25, 0.3) is 20.2 Å². The summed E-state index contributed by atoms with van der Waals surface area (Å²) in [5.74, 6) is 3.38. The fourth-order valence-corrected chi connectivity index (χ4v) is 2.81. The second-order valence-electron chi connectivity index (χ2n) is 2.29. The van der Waals surface area contributed by atoms with E-state index in [0.717, 1.165) is 7.11 Å². The van der Waals surface area contributed by atoms with Crippen LogP contribution >= 0.6 is 0 Å². The van der Waals surface area contributed by atoms with E-state index in [1.807, 2.05) is 0 Å². The molecule has 14 heavy (non-hydrogen) atoms. The topological polar surface area (TPSA) is 97.7 Å². The van der Waals surface area contributed by atoms with Crippen molar-refractivity contribution in [2.45, 2.75) is 12.2 Å². The highest BCUT2D eigenvalue weighted by Gasteiger charge is 2.28. The van der Waals surface area contributed by atoms with Crippen molar-refractivity contribution in [3.8, 4) is 11.8 Å². The minimum Gasteiger partial charge on any atom is -0.285 e. The minimum atomic E-state index is -4.40. The maximum Gasteiger partial charge on any atom is 0.282 e. The summed E-state index contributed by atoms with van der Waals surface area (Å²) in [6.45, 7) is 1.35. The molecule has 0 bridgehead atoms. The van der Waals surface area contributed by atoms with Gasteiger partial charge in [0.15, 0.2) is 5.25 Å². The van der Waals surface area contributed by atoms with Crippen LogP contribution in [-0.4, -0.2) is 39.5 Å². The predicted molar refractivity (Wildman–Crippen MR) is 49.6 cm³/mol. The van der Waals surface area contributed by atoms with Crippen molar-refractivity contribution < 1.29 is 25.6 Å². The molecule has 0 heterocycles. The van der Waals surface area contributed by atoms with Gasteiger partial charge in [-0.15, -0.1) is 5.92 Å². The molecule has 0 aliphatic heterocycles. The normalized spacial score (nSPS) is 14.2. The Bertz CT molecular complexity index is 434. The van der Waals surface area contributed by atoms with Crippen LogP contribution in [-0.2, 0) is 24.4 Å². The molecule has 1 unspecified atom stereocenters. The zero-order chi connectivity index (χ0) is 11.4. The number of rotatable bonds is 4. The van der Waals surface area contributed by atoms with Crippen LogP contribution in [0.25, 0.3) is 0 Å². The molecule has 1 atom stereocenters. The summed E-state index contributed by atoms with van der Waals surface area (Å²) < 4.78 is 55.6. The zero-order valence-electron chi connectivity index (χ0n) is 7.59. The average Bonchev–Trinajstić information content (AvgIpc) is 2.01. The van der Waals surface area contributed by atoms with E-state index in [1.165, 1.54) is 6.92 Å². The number of hydrogen-bond acceptors (Lipinski definition) is 5. The van der Waals surface area contributed by atoms with E-state index in [4.69, 9.17) is 4.55 Å². The summed E-state index contributed by atoms with van der Waals surface area (Å²) in [5, 5.41) is -1.56. The van der Waals surface area contributed by atoms with Gasteiger partial charge in [-0.3, -0.25) is 8.74 Å². The van der Waals surface area contributed by atoms with Crippen LogP contribution in [0.5, 0.6) is 0 Å². The van der Waals surface area contributed by atoms with Crippen molar-refractivity contribution in [1.82, 2.24) is 0 Å². The molecule has 0 saturated heterocycles. The molecule has 0 aliphatic rings. The van der Waals surface area contributed by atoms with Crippen LogP contribution in [0.4, 0.5) is 0 Å². The molecule has 0 fully saturated rings. The Kier molecular flexibility index (Phi) is 4.54. The maximum atomic E-state index is 11.1. The molecule has 82 valence electrons. The van der Waals surface area contributed by atoms with E-state index in [2.05, 4.69) is 16.0 Å². The maximum absolute atomic E-state index is 11.1. The van der Waals surface area contributed by atoms with Gasteiger partial charge in [0.1, 0.15) is 5.75 Å². The second kappa shape index (κ2) is 4.75. The van der Waals surface area contributed by atoms with Gasteiger partial charge < -0.3 is 0 Å². The summed E-state index contributed by atoms with van der Waals surface area (Å²) in [7, 11) is -7.58. The molecule has 0 aliphatic carbocycles. The lowest BCUT2D eigenvalue weighted by atomic mass is 10.5. The second-order valence-corrected chi connectivity index (χ2v) is 5.68. The first-order valence-electron chi connectivity index (χ1n) is 3.40. The van der Waals surface area contributed by atoms with E-state index in [0.29, 0.717) is 0 Å². The molecular formula is C6H10O6S2. The van der Waals surface area contributed by atoms with Crippen molar-refractivity contribution in [2.75, 3.05) is 12.9 Å². The van der Waals surface area contributed by atoms with Gasteiger partial charge >= 0.3 is 0 Å². The lowest BCUT2D eigenvalue weighted by molar-refractivity contribution is 0.393. The summed E-state index contributed by atoms with van der Waals surface area (Å²) in [6.07, 6.45) is 0. The van der Waals surface area contributed by atoms with Gasteiger partial charge in [0.05, 0.1) is 7.11 Å². The van der Waals surface area contributed by atoms with Gasteiger partial charge in [-0.05, 0) is 6.92 Å². The molecule has 0 aromatic rings. The zero-order valence-corrected chi connectivity index (χ0v) is 9.22. The van der Waals surface area contributed by atoms with Crippen molar-refractivity contribution in [3.63, 3.8) is 0 Å². The molecule has 0 radical (unpaired) electrons. The fourth-order valence-electron chi connectivity index (χ4n) is 0.666. The van der Waals surface area contributed by atoms with E-state index < -0.39 is 31.2 Å². The SMILES string of the molecule is CC#CC(CS(=O)(=O)O)S(=O)(=O)OC. The Balaban J connectivity index is 5.06. The Morgan fingerprint density at radius 2 is 1.86 bits per heavy atom. The molecule has 0 aromatic carbocycles. The van der Waals surface area contributed by atoms with Crippen LogP contribution in [0.3, 0.4) is 0 Å². The molecule has 0 rings (SSSR count). The largest absolute Gasteiger partial charge is 0.285 e. The van der Waals surface area contributed by atoms with Gasteiger partial charge in [-0.1, -0.05) is 5.92 Å². The number of hydrogen-bond donors (Lipinski definition) is 1. The van der Waals surface area contributed by atoms with Crippen molar-refractivity contribution in [2.24, 2.45) is 0 Å². The highest BCUT2D eigenvalue weighted by atomic mass is 32.2. The first-order valence-corrected chi connectivity index (χ1v) is 6.48. The third-order valence-corrected chi connectivity index (χ3v) is 3.66. The molecule has 0 saturated carbocycles. The van der Waals surface area contributed by atoms with Gasteiger partial charge in [0.2, 0.25) is 0 Å². The third-order valence-electron chi connectivity index (χ3n) is 1.25. The fraction of sp³-hybridized carbons (Fsp3) is 0.667. The standard InChI is InChI=1S/C6H10O6S2/c1-3-4-6(5-13(7,8)9)14(10,11)12-2/h6H,5H2,1-2H3,(H,7,8,9). The minimum absolute atomic E-state index is 0.893. The van der Waals surface area contributed by atoms with Crippen molar-refractivity contribution >= 4 is 20.2 Å². The first-order chi connectivity index (χ1) is 6.23. The lowest BCUT2D eigenvalue weighted by Crippen LogP contribution is -2.29. The summed E-state index contributed by atoms with van der Waals surface area (Å²) in [4.78, 5) is 0. The monoisotopic (exact) mass is 242 g/mol. The molecule has 0 spiro atoms. The third kappa shape index (κ3) is 4.57. The molecule has 1 N–H and O–H groups in total. The molecule has 8 heteroatoms. The molecule has 0 amide bonds. The highest BCUT2D eigenvalue weighted by Crippen LogP contribution is 2.05. The Hall–Kier alpha value is -0.620. The highest BCUT2D eigenvalue weighted by molar-refractivity contribution is 7.90. The van der Waals surface area contributed by atoms with Gasteiger partial charge in [-0.2, -0.15) is 16.8 Å². The quantitative estimate of drug-likeness (QED) is 0.395. The Morgan fingerprint density at radius 3 is 2.14 bits per heavy atom. The average molecular weight is 242 g/mol. The molecule has 0 aromatic heterocycles. The Morgan fingerprint density at radius 1 is 1.36 bits per heavy atom. The van der Waals surface area contributed by atoms with Gasteiger partial charge in [0, 0.05) is 0 Å². The first kappa shape index (κ1) is 13.4. The smallest absolute Gasteiger partial charge is 0.282 e. The van der Waals surface area contributed by atoms with Crippen LogP contribution < -0.4 is 0 Å². The molecular weight excluding hydrogens is 232 g/mol. The summed E-state index contributed by atoms with van der Waals surface area (Å²) in [6, 6.07) is 0. The Labute approximate surface area is 83.1 Å². The van der Waals surface area contributed by atoms with Crippen molar-refractivity contribution in [3.05, 3.63) is 0 Å².